The number of ether oxygens (including phenoxy) is 1. The standard InChI is InChI=1S/C20H31N3O4/c1-13(2)22-18(25)17(15-10-8-9-14(3)11-15)23(7)16(24)12-21-19(26)27-20(4,5)6/h8-11,13,17H,12H2,1-7H3,(H,21,26)(H,22,25). The van der Waals surface area contributed by atoms with Crippen LogP contribution in [-0.2, 0) is 14.3 Å². The fourth-order valence-electron chi connectivity index (χ4n) is 2.49. The molecular formula is C20H31N3O4. The van der Waals surface area contributed by atoms with Gasteiger partial charge in [-0.2, -0.15) is 0 Å². The lowest BCUT2D eigenvalue weighted by molar-refractivity contribution is -0.138. The Labute approximate surface area is 161 Å². The molecule has 0 heterocycles. The molecule has 1 atom stereocenters. The smallest absolute Gasteiger partial charge is 0.408 e. The van der Waals surface area contributed by atoms with Crippen LogP contribution >= 0.6 is 0 Å². The predicted molar refractivity (Wildman–Crippen MR) is 104 cm³/mol. The van der Waals surface area contributed by atoms with Gasteiger partial charge in [0.15, 0.2) is 0 Å². The van der Waals surface area contributed by atoms with Crippen LogP contribution in [0.1, 0.15) is 51.8 Å². The van der Waals surface area contributed by atoms with E-state index in [-0.39, 0.29) is 18.5 Å². The van der Waals surface area contributed by atoms with Gasteiger partial charge >= 0.3 is 6.09 Å². The van der Waals surface area contributed by atoms with Gasteiger partial charge in [0.2, 0.25) is 11.8 Å². The van der Waals surface area contributed by atoms with Crippen molar-refractivity contribution in [3.63, 3.8) is 0 Å². The van der Waals surface area contributed by atoms with E-state index >= 15 is 0 Å². The van der Waals surface area contributed by atoms with E-state index in [9.17, 15) is 14.4 Å². The van der Waals surface area contributed by atoms with Crippen molar-refractivity contribution >= 4 is 17.9 Å². The Bertz CT molecular complexity index is 680. The fraction of sp³-hybridized carbons (Fsp3) is 0.550. The molecular weight excluding hydrogens is 346 g/mol. The zero-order valence-corrected chi connectivity index (χ0v) is 17.3. The number of alkyl carbamates (subject to hydrolysis) is 1. The molecule has 0 radical (unpaired) electrons. The molecule has 0 saturated carbocycles. The monoisotopic (exact) mass is 377 g/mol. The quantitative estimate of drug-likeness (QED) is 0.797. The summed E-state index contributed by atoms with van der Waals surface area (Å²) in [7, 11) is 1.55. The van der Waals surface area contributed by atoms with Gasteiger partial charge in [0.05, 0.1) is 0 Å². The van der Waals surface area contributed by atoms with Crippen LogP contribution in [0.15, 0.2) is 24.3 Å². The van der Waals surface area contributed by atoms with Crippen LogP contribution in [0, 0.1) is 6.92 Å². The summed E-state index contributed by atoms with van der Waals surface area (Å²) in [6.07, 6.45) is -0.678. The number of carbonyl (C=O) groups is 3. The van der Waals surface area contributed by atoms with Crippen LogP contribution < -0.4 is 10.6 Å². The number of hydrogen-bond donors (Lipinski definition) is 2. The van der Waals surface area contributed by atoms with Crippen molar-refractivity contribution in [2.45, 2.75) is 59.2 Å². The number of aryl methyl sites for hydroxylation is 1. The van der Waals surface area contributed by atoms with Crippen molar-refractivity contribution in [3.8, 4) is 0 Å². The molecule has 0 bridgehead atoms. The lowest BCUT2D eigenvalue weighted by Gasteiger charge is -2.29. The number of nitrogens with one attached hydrogen (secondary N) is 2. The second kappa shape index (κ2) is 9.39. The molecule has 1 aromatic carbocycles. The summed E-state index contributed by atoms with van der Waals surface area (Å²) in [4.78, 5) is 38.4. The van der Waals surface area contributed by atoms with Gasteiger partial charge in [-0.3, -0.25) is 9.59 Å². The first-order chi connectivity index (χ1) is 12.4. The van der Waals surface area contributed by atoms with Gasteiger partial charge in [-0.1, -0.05) is 29.8 Å². The third-order valence-electron chi connectivity index (χ3n) is 3.60. The molecule has 27 heavy (non-hydrogen) atoms. The van der Waals surface area contributed by atoms with Crippen molar-refractivity contribution in [2.75, 3.05) is 13.6 Å². The Morgan fingerprint density at radius 2 is 1.81 bits per heavy atom. The molecule has 1 aromatic rings. The maximum Gasteiger partial charge on any atom is 0.408 e. The highest BCUT2D eigenvalue weighted by Gasteiger charge is 2.29. The van der Waals surface area contributed by atoms with E-state index in [0.29, 0.717) is 5.56 Å². The van der Waals surface area contributed by atoms with Gasteiger partial charge in [-0.05, 0) is 47.1 Å². The molecule has 150 valence electrons. The first-order valence-electron chi connectivity index (χ1n) is 9.00. The van der Waals surface area contributed by atoms with Gasteiger partial charge in [-0.15, -0.1) is 0 Å². The molecule has 7 heteroatoms. The highest BCUT2D eigenvalue weighted by atomic mass is 16.6. The Balaban J connectivity index is 2.92. The molecule has 1 rings (SSSR count). The highest BCUT2D eigenvalue weighted by molar-refractivity contribution is 5.90. The Kier molecular flexibility index (Phi) is 7.82. The predicted octanol–water partition coefficient (Wildman–Crippen LogP) is 2.54. The summed E-state index contributed by atoms with van der Waals surface area (Å²) in [6, 6.07) is 6.59. The van der Waals surface area contributed by atoms with E-state index in [0.717, 1.165) is 5.56 Å². The molecule has 0 fully saturated rings. The number of carbonyl (C=O) groups excluding carboxylic acids is 3. The third-order valence-corrected chi connectivity index (χ3v) is 3.60. The second-order valence-corrected chi connectivity index (χ2v) is 7.84. The number of benzene rings is 1. The number of nitrogens with zero attached hydrogens (tertiary/aromatic N) is 1. The molecule has 0 aliphatic carbocycles. The maximum atomic E-state index is 12.7. The summed E-state index contributed by atoms with van der Waals surface area (Å²) >= 11 is 0. The van der Waals surface area contributed by atoms with E-state index in [2.05, 4.69) is 10.6 Å². The third kappa shape index (κ3) is 7.68. The zero-order valence-electron chi connectivity index (χ0n) is 17.3. The topological polar surface area (TPSA) is 87.7 Å². The average Bonchev–Trinajstić information content (AvgIpc) is 2.50. The van der Waals surface area contributed by atoms with E-state index < -0.39 is 23.6 Å². The Hall–Kier alpha value is -2.57. The first-order valence-corrected chi connectivity index (χ1v) is 9.00. The van der Waals surface area contributed by atoms with Crippen LogP contribution in [0.4, 0.5) is 4.79 Å². The van der Waals surface area contributed by atoms with Crippen molar-refractivity contribution in [2.24, 2.45) is 0 Å². The van der Waals surface area contributed by atoms with Gasteiger partial charge in [0.25, 0.3) is 0 Å². The minimum atomic E-state index is -0.791. The fourth-order valence-corrected chi connectivity index (χ4v) is 2.49. The molecule has 0 aliphatic rings. The molecule has 7 nitrogen and oxygen atoms in total. The van der Waals surface area contributed by atoms with Crippen molar-refractivity contribution in [1.82, 2.24) is 15.5 Å². The molecule has 3 amide bonds. The molecule has 0 aliphatic heterocycles. The number of hydrogen-bond acceptors (Lipinski definition) is 4. The lowest BCUT2D eigenvalue weighted by Crippen LogP contribution is -2.47. The largest absolute Gasteiger partial charge is 0.444 e. The van der Waals surface area contributed by atoms with Crippen LogP contribution in [0.2, 0.25) is 0 Å². The van der Waals surface area contributed by atoms with E-state index in [4.69, 9.17) is 4.74 Å². The van der Waals surface area contributed by atoms with Gasteiger partial charge in [0, 0.05) is 13.1 Å². The average molecular weight is 377 g/mol. The number of amides is 3. The van der Waals surface area contributed by atoms with Gasteiger partial charge < -0.3 is 20.3 Å². The summed E-state index contributed by atoms with van der Waals surface area (Å²) < 4.78 is 5.13. The molecule has 0 aromatic heterocycles. The minimum absolute atomic E-state index is 0.0619. The highest BCUT2D eigenvalue weighted by Crippen LogP contribution is 2.21. The van der Waals surface area contributed by atoms with Crippen molar-refractivity contribution < 1.29 is 19.1 Å². The molecule has 0 spiro atoms. The molecule has 0 saturated heterocycles. The van der Waals surface area contributed by atoms with Crippen LogP contribution in [0.5, 0.6) is 0 Å². The normalized spacial score (nSPS) is 12.3. The summed E-state index contributed by atoms with van der Waals surface area (Å²) in [6.45, 7) is 10.6. The van der Waals surface area contributed by atoms with Crippen molar-refractivity contribution in [3.05, 3.63) is 35.4 Å². The summed E-state index contributed by atoms with van der Waals surface area (Å²) in [5.74, 6) is -0.671. The lowest BCUT2D eigenvalue weighted by atomic mass is 10.0. The van der Waals surface area contributed by atoms with Crippen molar-refractivity contribution in [1.29, 1.82) is 0 Å². The minimum Gasteiger partial charge on any atom is -0.444 e. The maximum absolute atomic E-state index is 12.7. The summed E-state index contributed by atoms with van der Waals surface area (Å²) in [5.41, 5.74) is 1.05. The van der Waals surface area contributed by atoms with E-state index in [1.165, 1.54) is 4.90 Å². The molecule has 1 unspecified atom stereocenters. The van der Waals surface area contributed by atoms with Crippen LogP contribution in [-0.4, -0.2) is 48.0 Å². The Morgan fingerprint density at radius 3 is 2.33 bits per heavy atom. The van der Waals surface area contributed by atoms with Crippen LogP contribution in [0.3, 0.4) is 0 Å². The number of likely N-dealkylation sites (N-methyl/N-ethyl adjacent to an activating group) is 1. The summed E-state index contributed by atoms with van der Waals surface area (Å²) in [5, 5.41) is 5.28. The van der Waals surface area contributed by atoms with Crippen LogP contribution in [0.25, 0.3) is 0 Å². The number of rotatable bonds is 6. The Morgan fingerprint density at radius 1 is 1.19 bits per heavy atom. The van der Waals surface area contributed by atoms with E-state index in [1.807, 2.05) is 45.0 Å². The van der Waals surface area contributed by atoms with Gasteiger partial charge in [-0.25, -0.2) is 4.79 Å². The first kappa shape index (κ1) is 22.5. The van der Waals surface area contributed by atoms with E-state index in [1.54, 1.807) is 27.8 Å². The zero-order chi connectivity index (χ0) is 20.8. The second-order valence-electron chi connectivity index (χ2n) is 7.84. The molecule has 2 N–H and O–H groups in total. The van der Waals surface area contributed by atoms with Gasteiger partial charge in [0.1, 0.15) is 18.2 Å². The SMILES string of the molecule is Cc1cccc(C(C(=O)NC(C)C)N(C)C(=O)CNC(=O)OC(C)(C)C)c1.